The molecule has 0 saturated heterocycles. The van der Waals surface area contributed by atoms with E-state index in [0.29, 0.717) is 0 Å². The van der Waals surface area contributed by atoms with E-state index in [1.54, 1.807) is 22.6 Å². The molecule has 1 heterocycles. The minimum Gasteiger partial charge on any atom is -0.387 e. The predicted molar refractivity (Wildman–Crippen MR) is 48.3 cm³/mol. The predicted octanol–water partition coefficient (Wildman–Crippen LogP) is 3.03. The molecule has 1 aromatic rings. The SMILES string of the molecule is Cc1c(OC(F)(F)F)ncc(I)c1F. The number of aromatic nitrogens is 1. The number of alkyl halides is 3. The lowest BCUT2D eigenvalue weighted by Crippen LogP contribution is -2.19. The van der Waals surface area contributed by atoms with Crippen molar-refractivity contribution in [2.75, 3.05) is 0 Å². The molecule has 0 spiro atoms. The van der Waals surface area contributed by atoms with Gasteiger partial charge in [-0.1, -0.05) is 0 Å². The summed E-state index contributed by atoms with van der Waals surface area (Å²) in [5, 5.41) is 0. The molecule has 14 heavy (non-hydrogen) atoms. The molecule has 2 nitrogen and oxygen atoms in total. The van der Waals surface area contributed by atoms with Crippen LogP contribution >= 0.6 is 22.6 Å². The van der Waals surface area contributed by atoms with Crippen LogP contribution in [0.25, 0.3) is 0 Å². The first kappa shape index (κ1) is 11.5. The van der Waals surface area contributed by atoms with Gasteiger partial charge in [0, 0.05) is 11.8 Å². The molecule has 78 valence electrons. The average molecular weight is 321 g/mol. The van der Waals surface area contributed by atoms with Crippen LogP contribution in [0.2, 0.25) is 0 Å². The lowest BCUT2D eigenvalue weighted by Gasteiger charge is -2.10. The summed E-state index contributed by atoms with van der Waals surface area (Å²) in [6, 6.07) is 0. The minimum atomic E-state index is -4.85. The number of hydrogen-bond acceptors (Lipinski definition) is 2. The van der Waals surface area contributed by atoms with Gasteiger partial charge in [0.1, 0.15) is 5.82 Å². The van der Waals surface area contributed by atoms with Crippen LogP contribution < -0.4 is 4.74 Å². The molecule has 0 unspecified atom stereocenters. The van der Waals surface area contributed by atoms with E-state index >= 15 is 0 Å². The first-order valence-electron chi connectivity index (χ1n) is 3.37. The highest BCUT2D eigenvalue weighted by molar-refractivity contribution is 14.1. The quantitative estimate of drug-likeness (QED) is 0.586. The maximum absolute atomic E-state index is 13.1. The maximum atomic E-state index is 13.1. The monoisotopic (exact) mass is 321 g/mol. The Morgan fingerprint density at radius 2 is 2.00 bits per heavy atom. The van der Waals surface area contributed by atoms with Crippen molar-refractivity contribution in [1.29, 1.82) is 0 Å². The fourth-order valence-electron chi connectivity index (χ4n) is 0.754. The fourth-order valence-corrected chi connectivity index (χ4v) is 1.30. The smallest absolute Gasteiger partial charge is 0.387 e. The van der Waals surface area contributed by atoms with E-state index in [1.807, 2.05) is 0 Å². The Morgan fingerprint density at radius 3 is 2.50 bits per heavy atom. The fraction of sp³-hybridized carbons (Fsp3) is 0.286. The summed E-state index contributed by atoms with van der Waals surface area (Å²) >= 11 is 1.63. The Labute approximate surface area is 90.4 Å². The van der Waals surface area contributed by atoms with E-state index in [1.165, 1.54) is 6.92 Å². The zero-order chi connectivity index (χ0) is 10.9. The van der Waals surface area contributed by atoms with Crippen molar-refractivity contribution in [3.8, 4) is 5.88 Å². The van der Waals surface area contributed by atoms with Gasteiger partial charge in [-0.3, -0.25) is 0 Å². The second kappa shape index (κ2) is 3.87. The van der Waals surface area contributed by atoms with Crippen LogP contribution in [0.4, 0.5) is 17.6 Å². The minimum absolute atomic E-state index is 0.148. The second-order valence-electron chi connectivity index (χ2n) is 2.40. The van der Waals surface area contributed by atoms with Crippen molar-refractivity contribution in [3.05, 3.63) is 21.1 Å². The lowest BCUT2D eigenvalue weighted by atomic mass is 10.3. The molecular formula is C7H4F4INO. The third kappa shape index (κ3) is 2.69. The van der Waals surface area contributed by atoms with Gasteiger partial charge in [0.25, 0.3) is 0 Å². The Hall–Kier alpha value is -0.600. The molecular weight excluding hydrogens is 317 g/mol. The molecule has 0 N–H and O–H groups in total. The van der Waals surface area contributed by atoms with Crippen molar-refractivity contribution in [3.63, 3.8) is 0 Å². The number of rotatable bonds is 1. The molecule has 7 heteroatoms. The van der Waals surface area contributed by atoms with Gasteiger partial charge in [-0.25, -0.2) is 9.37 Å². The standard InChI is InChI=1S/C7H4F4INO/c1-3-5(8)4(12)2-13-6(3)14-7(9,10)11/h2H,1H3. The lowest BCUT2D eigenvalue weighted by molar-refractivity contribution is -0.276. The first-order chi connectivity index (χ1) is 6.31. The normalized spacial score (nSPS) is 11.6. The number of hydrogen-bond donors (Lipinski definition) is 0. The molecule has 0 bridgehead atoms. The molecule has 0 aliphatic carbocycles. The number of halogens is 5. The number of pyridine rings is 1. The largest absolute Gasteiger partial charge is 0.574 e. The molecule has 0 radical (unpaired) electrons. The third-order valence-corrected chi connectivity index (χ3v) is 2.12. The highest BCUT2D eigenvalue weighted by Crippen LogP contribution is 2.26. The van der Waals surface area contributed by atoms with E-state index in [2.05, 4.69) is 9.72 Å². The van der Waals surface area contributed by atoms with Gasteiger partial charge in [-0.2, -0.15) is 0 Å². The van der Waals surface area contributed by atoms with Crippen molar-refractivity contribution in [2.45, 2.75) is 13.3 Å². The van der Waals surface area contributed by atoms with Crippen LogP contribution in [0, 0.1) is 16.3 Å². The van der Waals surface area contributed by atoms with Gasteiger partial charge in [0.05, 0.1) is 3.57 Å². The summed E-state index contributed by atoms with van der Waals surface area (Å²) in [5.74, 6) is -1.50. The van der Waals surface area contributed by atoms with E-state index < -0.39 is 18.1 Å². The Kier molecular flexibility index (Phi) is 3.17. The maximum Gasteiger partial charge on any atom is 0.574 e. The second-order valence-corrected chi connectivity index (χ2v) is 3.56. The molecule has 0 saturated carbocycles. The van der Waals surface area contributed by atoms with E-state index in [9.17, 15) is 17.6 Å². The van der Waals surface area contributed by atoms with Crippen LogP contribution in [-0.2, 0) is 0 Å². The van der Waals surface area contributed by atoms with Crippen LogP contribution in [-0.4, -0.2) is 11.3 Å². The van der Waals surface area contributed by atoms with Crippen molar-refractivity contribution >= 4 is 22.6 Å². The van der Waals surface area contributed by atoms with Crippen molar-refractivity contribution in [2.24, 2.45) is 0 Å². The van der Waals surface area contributed by atoms with Gasteiger partial charge in [0.2, 0.25) is 5.88 Å². The average Bonchev–Trinajstić information content (AvgIpc) is 2.04. The van der Waals surface area contributed by atoms with Gasteiger partial charge in [-0.15, -0.1) is 13.2 Å². The highest BCUT2D eigenvalue weighted by atomic mass is 127. The zero-order valence-corrected chi connectivity index (χ0v) is 8.98. The summed E-state index contributed by atoms with van der Waals surface area (Å²) < 4.78 is 52.0. The summed E-state index contributed by atoms with van der Waals surface area (Å²) in [5.41, 5.74) is -0.255. The highest BCUT2D eigenvalue weighted by Gasteiger charge is 2.33. The Bertz CT molecular complexity index is 352. The van der Waals surface area contributed by atoms with E-state index in [0.717, 1.165) is 6.20 Å². The molecule has 0 aromatic carbocycles. The van der Waals surface area contributed by atoms with Crippen LogP contribution in [0.5, 0.6) is 5.88 Å². The van der Waals surface area contributed by atoms with Gasteiger partial charge < -0.3 is 4.74 Å². The van der Waals surface area contributed by atoms with E-state index in [4.69, 9.17) is 0 Å². The van der Waals surface area contributed by atoms with Gasteiger partial charge >= 0.3 is 6.36 Å². The molecule has 1 aromatic heterocycles. The van der Waals surface area contributed by atoms with E-state index in [-0.39, 0.29) is 9.13 Å². The molecule has 0 atom stereocenters. The molecule has 0 aliphatic rings. The van der Waals surface area contributed by atoms with Crippen LogP contribution in [0.15, 0.2) is 6.20 Å². The molecule has 0 aliphatic heterocycles. The third-order valence-electron chi connectivity index (χ3n) is 1.37. The van der Waals surface area contributed by atoms with Crippen LogP contribution in [0.3, 0.4) is 0 Å². The van der Waals surface area contributed by atoms with Crippen molar-refractivity contribution in [1.82, 2.24) is 4.98 Å². The van der Waals surface area contributed by atoms with Gasteiger partial charge in [-0.05, 0) is 29.5 Å². The Morgan fingerprint density at radius 1 is 1.43 bits per heavy atom. The van der Waals surface area contributed by atoms with Crippen molar-refractivity contribution < 1.29 is 22.3 Å². The molecule has 0 fully saturated rings. The zero-order valence-electron chi connectivity index (χ0n) is 6.82. The number of nitrogens with zero attached hydrogens (tertiary/aromatic N) is 1. The summed E-state index contributed by atoms with van der Waals surface area (Å²) in [7, 11) is 0. The van der Waals surface area contributed by atoms with Crippen LogP contribution in [0.1, 0.15) is 5.56 Å². The topological polar surface area (TPSA) is 22.1 Å². The first-order valence-corrected chi connectivity index (χ1v) is 4.45. The van der Waals surface area contributed by atoms with Gasteiger partial charge in [0.15, 0.2) is 0 Å². The Balaban J connectivity index is 3.06. The number of ether oxygens (including phenoxy) is 1. The molecule has 1 rings (SSSR count). The molecule has 0 amide bonds. The summed E-state index contributed by atoms with van der Waals surface area (Å²) in [6.45, 7) is 1.17. The summed E-state index contributed by atoms with van der Waals surface area (Å²) in [6.07, 6.45) is -3.87. The summed E-state index contributed by atoms with van der Waals surface area (Å²) in [4.78, 5) is 3.33.